The second-order valence-electron chi connectivity index (χ2n) is 4.58. The van der Waals surface area contributed by atoms with Gasteiger partial charge in [-0.1, -0.05) is 11.6 Å². The molecule has 0 unspecified atom stereocenters. The molecule has 1 aromatic carbocycles. The molecule has 20 heavy (non-hydrogen) atoms. The van der Waals surface area contributed by atoms with Crippen LogP contribution < -0.4 is 4.74 Å². The zero-order valence-electron chi connectivity index (χ0n) is 11.4. The number of halogens is 1. The van der Waals surface area contributed by atoms with Gasteiger partial charge in [-0.25, -0.2) is 0 Å². The molecule has 3 nitrogen and oxygen atoms in total. The van der Waals surface area contributed by atoms with E-state index >= 15 is 0 Å². The number of hydrogen-bond acceptors (Lipinski definition) is 4. The number of nitrogens with zero attached hydrogens (tertiary/aromatic N) is 1. The van der Waals surface area contributed by atoms with Gasteiger partial charge in [0.05, 0.1) is 18.7 Å². The quantitative estimate of drug-likeness (QED) is 0.762. The van der Waals surface area contributed by atoms with E-state index in [2.05, 4.69) is 11.4 Å². The van der Waals surface area contributed by atoms with Gasteiger partial charge < -0.3 is 4.74 Å². The molecule has 5 heteroatoms. The van der Waals surface area contributed by atoms with Crippen molar-refractivity contribution in [2.75, 3.05) is 20.7 Å². The molecule has 0 bridgehead atoms. The van der Waals surface area contributed by atoms with E-state index in [1.165, 1.54) is 5.56 Å². The van der Waals surface area contributed by atoms with Crippen LogP contribution in [0.15, 0.2) is 35.0 Å². The highest BCUT2D eigenvalue weighted by Gasteiger charge is 2.12. The molecule has 0 atom stereocenters. The Bertz CT molecular complexity index is 584. The smallest absolute Gasteiger partial charge is 0.176 e. The molecule has 0 radical (unpaired) electrons. The van der Waals surface area contributed by atoms with Gasteiger partial charge in [-0.15, -0.1) is 0 Å². The van der Waals surface area contributed by atoms with Crippen LogP contribution in [0, 0.1) is 0 Å². The number of carbonyl (C=O) groups is 1. The van der Waals surface area contributed by atoms with Crippen molar-refractivity contribution in [3.8, 4) is 5.75 Å². The van der Waals surface area contributed by atoms with Crippen molar-refractivity contribution in [1.82, 2.24) is 4.90 Å². The van der Waals surface area contributed by atoms with Crippen LogP contribution in [0.1, 0.15) is 15.9 Å². The minimum atomic E-state index is 0.0484. The monoisotopic (exact) mass is 309 g/mol. The maximum atomic E-state index is 12.2. The lowest BCUT2D eigenvalue weighted by atomic mass is 10.1. The van der Waals surface area contributed by atoms with Crippen LogP contribution in [0.3, 0.4) is 0 Å². The third kappa shape index (κ3) is 3.82. The Kier molecular flexibility index (Phi) is 5.17. The minimum absolute atomic E-state index is 0.0484. The molecule has 0 fully saturated rings. The summed E-state index contributed by atoms with van der Waals surface area (Å²) in [7, 11) is 3.48. The van der Waals surface area contributed by atoms with E-state index < -0.39 is 0 Å². The first kappa shape index (κ1) is 15.0. The summed E-state index contributed by atoms with van der Waals surface area (Å²) in [5.74, 6) is 0.627. The fourth-order valence-electron chi connectivity index (χ4n) is 1.93. The summed E-state index contributed by atoms with van der Waals surface area (Å²) in [4.78, 5) is 14.2. The van der Waals surface area contributed by atoms with Crippen LogP contribution in [0.4, 0.5) is 0 Å². The van der Waals surface area contributed by atoms with E-state index in [4.69, 9.17) is 16.3 Å². The first-order chi connectivity index (χ1) is 9.60. The van der Waals surface area contributed by atoms with Gasteiger partial charge in [0.15, 0.2) is 5.78 Å². The molecular formula is C15H16ClNO2S. The molecule has 2 rings (SSSR count). The van der Waals surface area contributed by atoms with Crippen molar-refractivity contribution in [2.24, 2.45) is 0 Å². The number of rotatable bonds is 6. The molecule has 0 aliphatic carbocycles. The topological polar surface area (TPSA) is 29.5 Å². The number of carbonyl (C=O) groups excluding carboxylic acids is 1. The summed E-state index contributed by atoms with van der Waals surface area (Å²) < 4.78 is 5.08. The third-order valence-corrected chi connectivity index (χ3v) is 3.95. The summed E-state index contributed by atoms with van der Waals surface area (Å²) >= 11 is 7.70. The molecule has 2 aromatic rings. The lowest BCUT2D eigenvalue weighted by Gasteiger charge is -2.15. The van der Waals surface area contributed by atoms with E-state index in [0.717, 1.165) is 6.54 Å². The lowest BCUT2D eigenvalue weighted by molar-refractivity contribution is 0.0943. The molecule has 106 valence electrons. The van der Waals surface area contributed by atoms with Gasteiger partial charge in [0.1, 0.15) is 5.75 Å². The van der Waals surface area contributed by atoms with Gasteiger partial charge in [0.2, 0.25) is 0 Å². The second-order valence-corrected chi connectivity index (χ2v) is 5.76. The summed E-state index contributed by atoms with van der Waals surface area (Å²) in [5.41, 5.74) is 1.83. The Balaban J connectivity index is 1.99. The van der Waals surface area contributed by atoms with E-state index in [1.807, 2.05) is 17.3 Å². The van der Waals surface area contributed by atoms with Gasteiger partial charge in [0.25, 0.3) is 0 Å². The van der Waals surface area contributed by atoms with Gasteiger partial charge in [-0.05, 0) is 47.6 Å². The predicted molar refractivity (Wildman–Crippen MR) is 83.0 cm³/mol. The molecular weight excluding hydrogens is 294 g/mol. The van der Waals surface area contributed by atoms with Crippen molar-refractivity contribution >= 4 is 28.7 Å². The van der Waals surface area contributed by atoms with Gasteiger partial charge in [-0.2, -0.15) is 11.3 Å². The average molecular weight is 310 g/mol. The Labute approximate surface area is 127 Å². The summed E-state index contributed by atoms with van der Waals surface area (Å²) in [6.07, 6.45) is 0. The predicted octanol–water partition coefficient (Wildman–Crippen LogP) is 3.72. The Morgan fingerprint density at radius 2 is 2.20 bits per heavy atom. The van der Waals surface area contributed by atoms with E-state index in [-0.39, 0.29) is 5.78 Å². The molecule has 0 aliphatic rings. The standard InChI is InChI=1S/C15H16ClNO2S/c1-17(8-11-5-6-20-10-11)9-14(18)12-3-4-15(19-2)13(16)7-12/h3-7,10H,8-9H2,1-2H3. The number of hydrogen-bond donors (Lipinski definition) is 0. The second kappa shape index (κ2) is 6.88. The Morgan fingerprint density at radius 1 is 1.40 bits per heavy atom. The Hall–Kier alpha value is -1.36. The molecule has 0 saturated heterocycles. The van der Waals surface area contributed by atoms with Crippen molar-refractivity contribution in [3.05, 3.63) is 51.2 Å². The molecule has 1 heterocycles. The van der Waals surface area contributed by atoms with Gasteiger partial charge >= 0.3 is 0 Å². The van der Waals surface area contributed by atoms with E-state index in [0.29, 0.717) is 22.9 Å². The zero-order chi connectivity index (χ0) is 14.5. The highest BCUT2D eigenvalue weighted by molar-refractivity contribution is 7.07. The van der Waals surface area contributed by atoms with Crippen LogP contribution in [-0.2, 0) is 6.54 Å². The number of Topliss-reactive ketones (excluding diaryl/α,β-unsaturated/α-hetero) is 1. The van der Waals surface area contributed by atoms with Crippen LogP contribution in [0.25, 0.3) is 0 Å². The average Bonchev–Trinajstić information content (AvgIpc) is 2.91. The fourth-order valence-corrected chi connectivity index (χ4v) is 2.84. The molecule has 0 spiro atoms. The summed E-state index contributed by atoms with van der Waals surface area (Å²) in [6, 6.07) is 7.18. The highest BCUT2D eigenvalue weighted by Crippen LogP contribution is 2.25. The van der Waals surface area contributed by atoms with Crippen LogP contribution in [0.5, 0.6) is 5.75 Å². The van der Waals surface area contributed by atoms with Crippen molar-refractivity contribution in [3.63, 3.8) is 0 Å². The molecule has 1 aromatic heterocycles. The first-order valence-electron chi connectivity index (χ1n) is 6.16. The fraction of sp³-hybridized carbons (Fsp3) is 0.267. The SMILES string of the molecule is COc1ccc(C(=O)CN(C)Cc2ccsc2)cc1Cl. The number of methoxy groups -OCH3 is 1. The zero-order valence-corrected chi connectivity index (χ0v) is 13.0. The summed E-state index contributed by atoms with van der Waals surface area (Å²) in [6.45, 7) is 1.12. The molecule has 0 amide bonds. The number of ether oxygens (including phenoxy) is 1. The normalized spacial score (nSPS) is 10.8. The first-order valence-corrected chi connectivity index (χ1v) is 7.48. The largest absolute Gasteiger partial charge is 0.495 e. The van der Waals surface area contributed by atoms with Crippen LogP contribution in [0.2, 0.25) is 5.02 Å². The maximum absolute atomic E-state index is 12.2. The Morgan fingerprint density at radius 3 is 2.80 bits per heavy atom. The number of thiophene rings is 1. The number of ketones is 1. The summed E-state index contributed by atoms with van der Waals surface area (Å²) in [5, 5.41) is 4.58. The molecule has 0 saturated carbocycles. The van der Waals surface area contributed by atoms with E-state index in [1.54, 1.807) is 36.6 Å². The van der Waals surface area contributed by atoms with Crippen LogP contribution in [-0.4, -0.2) is 31.4 Å². The highest BCUT2D eigenvalue weighted by atomic mass is 35.5. The van der Waals surface area contributed by atoms with Crippen molar-refractivity contribution in [2.45, 2.75) is 6.54 Å². The van der Waals surface area contributed by atoms with Crippen LogP contribution >= 0.6 is 22.9 Å². The number of benzene rings is 1. The molecule has 0 N–H and O–H groups in total. The molecule has 0 aliphatic heterocycles. The third-order valence-electron chi connectivity index (χ3n) is 2.92. The lowest BCUT2D eigenvalue weighted by Crippen LogP contribution is -2.25. The van der Waals surface area contributed by atoms with Crippen molar-refractivity contribution < 1.29 is 9.53 Å². The van der Waals surface area contributed by atoms with E-state index in [9.17, 15) is 4.79 Å². The number of likely N-dealkylation sites (N-methyl/N-ethyl adjacent to an activating group) is 1. The minimum Gasteiger partial charge on any atom is -0.495 e. The van der Waals surface area contributed by atoms with Gasteiger partial charge in [0, 0.05) is 12.1 Å². The van der Waals surface area contributed by atoms with Crippen molar-refractivity contribution in [1.29, 1.82) is 0 Å². The van der Waals surface area contributed by atoms with Gasteiger partial charge in [-0.3, -0.25) is 9.69 Å². The maximum Gasteiger partial charge on any atom is 0.176 e.